The van der Waals surface area contributed by atoms with E-state index >= 15 is 0 Å². The Morgan fingerprint density at radius 2 is 1.52 bits per heavy atom. The van der Waals surface area contributed by atoms with Gasteiger partial charge in [-0.25, -0.2) is 4.79 Å². The Bertz CT molecular complexity index is 1120. The first-order chi connectivity index (χ1) is 15.8. The van der Waals surface area contributed by atoms with Gasteiger partial charge in [-0.3, -0.25) is 9.59 Å². The lowest BCUT2D eigenvalue weighted by Crippen LogP contribution is -2.40. The van der Waals surface area contributed by atoms with Crippen LogP contribution in [0.25, 0.3) is 0 Å². The number of aryl methyl sites for hydroxylation is 1. The second-order valence-corrected chi connectivity index (χ2v) is 8.21. The Morgan fingerprint density at radius 3 is 2.06 bits per heavy atom. The van der Waals surface area contributed by atoms with Gasteiger partial charge >= 0.3 is 5.97 Å². The third kappa shape index (κ3) is 5.98. The molecule has 0 aliphatic carbocycles. The van der Waals surface area contributed by atoms with Crippen LogP contribution in [0.15, 0.2) is 60.7 Å². The fourth-order valence-corrected chi connectivity index (χ4v) is 3.99. The van der Waals surface area contributed by atoms with E-state index in [2.05, 4.69) is 4.98 Å². The average molecular weight is 447 g/mol. The van der Waals surface area contributed by atoms with E-state index in [-0.39, 0.29) is 17.4 Å². The molecular weight excluding hydrogens is 416 g/mol. The first-order valence-corrected chi connectivity index (χ1v) is 11.1. The first kappa shape index (κ1) is 24.0. The van der Waals surface area contributed by atoms with Crippen molar-refractivity contribution < 1.29 is 19.1 Å². The quantitative estimate of drug-likeness (QED) is 0.383. The van der Waals surface area contributed by atoms with Gasteiger partial charge in [-0.1, -0.05) is 60.7 Å². The summed E-state index contributed by atoms with van der Waals surface area (Å²) in [6.45, 7) is 7.39. The number of nitrogens with zero attached hydrogens (tertiary/aromatic N) is 1. The van der Waals surface area contributed by atoms with Gasteiger partial charge in [0.05, 0.1) is 0 Å². The Hall–Kier alpha value is -3.67. The maximum absolute atomic E-state index is 13.3. The van der Waals surface area contributed by atoms with Crippen LogP contribution in [0, 0.1) is 13.8 Å². The number of aromatic nitrogens is 1. The van der Waals surface area contributed by atoms with Crippen molar-refractivity contribution in [1.29, 1.82) is 0 Å². The minimum Gasteiger partial charge on any atom is -0.448 e. The van der Waals surface area contributed by atoms with Crippen LogP contribution in [0.2, 0.25) is 0 Å². The molecule has 1 aromatic heterocycles. The molecule has 0 bridgehead atoms. The standard InChI is InChI=1S/C27H30N2O4/c1-18-24(20(3)30)19(2)28-25(18)27(32)33-21(4)26(31)29(17-23-13-9-6-10-14-23)16-15-22-11-7-5-8-12-22/h5-14,21,28H,15-17H2,1-4H3/t21-/m1/s1. The van der Waals surface area contributed by atoms with E-state index in [4.69, 9.17) is 4.74 Å². The number of Topliss-reactive ketones (excluding diaryl/α,β-unsaturated/α-hetero) is 1. The minimum atomic E-state index is -0.972. The molecule has 0 saturated heterocycles. The Labute approximate surface area is 194 Å². The molecule has 1 amide bonds. The zero-order valence-electron chi connectivity index (χ0n) is 19.6. The molecule has 3 rings (SSSR count). The van der Waals surface area contributed by atoms with Gasteiger partial charge in [-0.2, -0.15) is 0 Å². The number of benzene rings is 2. The lowest BCUT2D eigenvalue weighted by atomic mass is 10.1. The highest BCUT2D eigenvalue weighted by Crippen LogP contribution is 2.20. The van der Waals surface area contributed by atoms with E-state index in [0.717, 1.165) is 11.1 Å². The van der Waals surface area contributed by atoms with Crippen molar-refractivity contribution in [3.8, 4) is 0 Å². The molecule has 1 atom stereocenters. The van der Waals surface area contributed by atoms with E-state index in [0.29, 0.717) is 36.3 Å². The van der Waals surface area contributed by atoms with Gasteiger partial charge in [0.15, 0.2) is 11.9 Å². The van der Waals surface area contributed by atoms with Crippen LogP contribution in [0.5, 0.6) is 0 Å². The molecule has 1 N–H and O–H groups in total. The smallest absolute Gasteiger partial charge is 0.355 e. The molecular formula is C27H30N2O4. The van der Waals surface area contributed by atoms with Gasteiger partial charge in [-0.15, -0.1) is 0 Å². The Morgan fingerprint density at radius 1 is 0.939 bits per heavy atom. The number of rotatable bonds is 9. The van der Waals surface area contributed by atoms with Crippen molar-refractivity contribution in [3.63, 3.8) is 0 Å². The summed E-state index contributed by atoms with van der Waals surface area (Å²) in [7, 11) is 0. The molecule has 0 saturated carbocycles. The van der Waals surface area contributed by atoms with Crippen molar-refractivity contribution >= 4 is 17.7 Å². The van der Waals surface area contributed by atoms with Crippen LogP contribution < -0.4 is 0 Å². The second kappa shape index (κ2) is 10.8. The molecule has 0 aliphatic rings. The highest BCUT2D eigenvalue weighted by molar-refractivity contribution is 6.01. The second-order valence-electron chi connectivity index (χ2n) is 8.21. The number of amides is 1. The Balaban J connectivity index is 1.74. The first-order valence-electron chi connectivity index (χ1n) is 11.1. The number of esters is 1. The topological polar surface area (TPSA) is 79.5 Å². The van der Waals surface area contributed by atoms with Gasteiger partial charge in [0.2, 0.25) is 0 Å². The molecule has 1 heterocycles. The number of ketones is 1. The summed E-state index contributed by atoms with van der Waals surface area (Å²) in [5.74, 6) is -1.04. The normalized spacial score (nSPS) is 11.6. The number of ether oxygens (including phenoxy) is 1. The summed E-state index contributed by atoms with van der Waals surface area (Å²) in [4.78, 5) is 42.6. The van der Waals surface area contributed by atoms with Crippen molar-refractivity contribution in [1.82, 2.24) is 9.88 Å². The Kier molecular flexibility index (Phi) is 7.83. The number of hydrogen-bond acceptors (Lipinski definition) is 4. The molecule has 0 fully saturated rings. The van der Waals surface area contributed by atoms with Gasteiger partial charge in [-0.05, 0) is 50.8 Å². The number of carbonyl (C=O) groups is 3. The predicted molar refractivity (Wildman–Crippen MR) is 127 cm³/mol. The van der Waals surface area contributed by atoms with E-state index in [1.165, 1.54) is 6.92 Å². The van der Waals surface area contributed by atoms with E-state index < -0.39 is 12.1 Å². The number of aromatic amines is 1. The SMILES string of the molecule is CC(=O)c1c(C)[nH]c(C(=O)O[C@H](C)C(=O)N(CCc2ccccc2)Cc2ccccc2)c1C. The molecule has 3 aromatic rings. The molecule has 0 aliphatic heterocycles. The zero-order valence-corrected chi connectivity index (χ0v) is 19.6. The molecule has 0 spiro atoms. The summed E-state index contributed by atoms with van der Waals surface area (Å²) in [6, 6.07) is 19.7. The van der Waals surface area contributed by atoms with Crippen LogP contribution in [0.3, 0.4) is 0 Å². The lowest BCUT2D eigenvalue weighted by Gasteiger charge is -2.26. The third-order valence-electron chi connectivity index (χ3n) is 5.67. The van der Waals surface area contributed by atoms with Crippen LogP contribution in [-0.2, 0) is 22.5 Å². The summed E-state index contributed by atoms with van der Waals surface area (Å²) < 4.78 is 5.53. The van der Waals surface area contributed by atoms with Crippen LogP contribution in [0.1, 0.15) is 57.1 Å². The summed E-state index contributed by atoms with van der Waals surface area (Å²) in [6.07, 6.45) is -0.280. The fraction of sp³-hybridized carbons (Fsp3) is 0.296. The summed E-state index contributed by atoms with van der Waals surface area (Å²) in [5, 5.41) is 0. The number of carbonyl (C=O) groups excluding carboxylic acids is 3. The summed E-state index contributed by atoms with van der Waals surface area (Å²) in [5.41, 5.74) is 3.96. The van der Waals surface area contributed by atoms with Crippen molar-refractivity contribution in [3.05, 3.63) is 94.3 Å². The van der Waals surface area contributed by atoms with Crippen molar-refractivity contribution in [2.75, 3.05) is 6.54 Å². The van der Waals surface area contributed by atoms with Crippen LogP contribution in [0.4, 0.5) is 0 Å². The monoisotopic (exact) mass is 446 g/mol. The van der Waals surface area contributed by atoms with E-state index in [9.17, 15) is 14.4 Å². The molecule has 2 aromatic carbocycles. The molecule has 6 heteroatoms. The third-order valence-corrected chi connectivity index (χ3v) is 5.67. The van der Waals surface area contributed by atoms with Crippen LogP contribution >= 0.6 is 0 Å². The van der Waals surface area contributed by atoms with Crippen molar-refractivity contribution in [2.45, 2.75) is 46.8 Å². The number of H-pyrrole nitrogens is 1. The molecule has 33 heavy (non-hydrogen) atoms. The van der Waals surface area contributed by atoms with Crippen LogP contribution in [-0.4, -0.2) is 40.2 Å². The maximum Gasteiger partial charge on any atom is 0.355 e. The lowest BCUT2D eigenvalue weighted by molar-refractivity contribution is -0.140. The number of hydrogen-bond donors (Lipinski definition) is 1. The number of nitrogens with one attached hydrogen (secondary N) is 1. The van der Waals surface area contributed by atoms with E-state index in [1.807, 2.05) is 60.7 Å². The van der Waals surface area contributed by atoms with Crippen molar-refractivity contribution in [2.24, 2.45) is 0 Å². The van der Waals surface area contributed by atoms with E-state index in [1.54, 1.807) is 25.7 Å². The van der Waals surface area contributed by atoms with Gasteiger partial charge < -0.3 is 14.6 Å². The minimum absolute atomic E-state index is 0.126. The van der Waals surface area contributed by atoms with Gasteiger partial charge in [0.1, 0.15) is 5.69 Å². The summed E-state index contributed by atoms with van der Waals surface area (Å²) >= 11 is 0. The predicted octanol–water partition coefficient (Wildman–Crippen LogP) is 4.65. The molecule has 172 valence electrons. The highest BCUT2D eigenvalue weighted by Gasteiger charge is 2.27. The van der Waals surface area contributed by atoms with Gasteiger partial charge in [0, 0.05) is 24.3 Å². The maximum atomic E-state index is 13.3. The van der Waals surface area contributed by atoms with Gasteiger partial charge in [0.25, 0.3) is 5.91 Å². The molecule has 6 nitrogen and oxygen atoms in total. The zero-order chi connectivity index (χ0) is 24.0. The fourth-order valence-electron chi connectivity index (χ4n) is 3.99. The largest absolute Gasteiger partial charge is 0.448 e. The molecule has 0 unspecified atom stereocenters. The molecule has 0 radical (unpaired) electrons. The average Bonchev–Trinajstić information content (AvgIpc) is 3.11. The highest BCUT2D eigenvalue weighted by atomic mass is 16.5.